The summed E-state index contributed by atoms with van der Waals surface area (Å²) in [4.78, 5) is 4.85. The van der Waals surface area contributed by atoms with E-state index < -0.39 is 23.5 Å². The highest BCUT2D eigenvalue weighted by molar-refractivity contribution is 8.14. The van der Waals surface area contributed by atoms with Crippen molar-refractivity contribution in [2.75, 3.05) is 10.7 Å². The van der Waals surface area contributed by atoms with Gasteiger partial charge in [-0.05, 0) is 30.3 Å². The van der Waals surface area contributed by atoms with Crippen LogP contribution in [0.3, 0.4) is 0 Å². The van der Waals surface area contributed by atoms with E-state index in [-0.39, 0.29) is 21.6 Å². The Kier molecular flexibility index (Phi) is 4.70. The smallest absolute Gasteiger partial charge is 0.362 e. The zero-order valence-corrected chi connectivity index (χ0v) is 14.0. The largest absolute Gasteiger partial charge is 0.437 e. The molecule has 2 aromatic carbocycles. The number of aliphatic hydroxyl groups is 1. The molecule has 132 valence electrons. The summed E-state index contributed by atoms with van der Waals surface area (Å²) in [5.41, 5.74) is -2.78. The van der Waals surface area contributed by atoms with Crippen molar-refractivity contribution in [1.82, 2.24) is 0 Å². The number of aliphatic imine (C=N–C) groups is 1. The fraction of sp³-hybridized carbons (Fsp3) is 0.188. The number of para-hydroxylation sites is 1. The van der Waals surface area contributed by atoms with Crippen LogP contribution in [0.25, 0.3) is 0 Å². The van der Waals surface area contributed by atoms with Gasteiger partial charge in [-0.1, -0.05) is 41.6 Å². The first-order valence-electron chi connectivity index (χ1n) is 7.03. The van der Waals surface area contributed by atoms with Crippen LogP contribution < -0.4 is 4.90 Å². The topological polar surface area (TPSA) is 35.8 Å². The van der Waals surface area contributed by atoms with Crippen LogP contribution in [0.1, 0.15) is 0 Å². The number of thioether (sulfide) groups is 1. The van der Waals surface area contributed by atoms with Gasteiger partial charge in [0.25, 0.3) is 5.72 Å². The van der Waals surface area contributed by atoms with Crippen LogP contribution in [0, 0.1) is 5.82 Å². The number of alkyl halides is 3. The van der Waals surface area contributed by atoms with E-state index in [0.717, 1.165) is 22.7 Å². The second-order valence-corrected chi connectivity index (χ2v) is 6.62. The average molecular weight is 391 g/mol. The standard InChI is InChI=1S/C16H11ClF4N2OS/c17-12-8-10(6-7-13(12)18)22-14-23(11-4-2-1-3-5-11)15(24,9-25-14)16(19,20)21/h1-8,24H,9H2. The first-order valence-corrected chi connectivity index (χ1v) is 8.40. The van der Waals surface area contributed by atoms with Crippen molar-refractivity contribution in [3.05, 3.63) is 59.4 Å². The van der Waals surface area contributed by atoms with Crippen LogP contribution in [0.2, 0.25) is 5.02 Å². The first kappa shape index (κ1) is 18.0. The highest BCUT2D eigenvalue weighted by atomic mass is 35.5. The monoisotopic (exact) mass is 390 g/mol. The lowest BCUT2D eigenvalue weighted by Crippen LogP contribution is -2.58. The second-order valence-electron chi connectivity index (χ2n) is 5.27. The molecule has 2 aromatic rings. The van der Waals surface area contributed by atoms with Crippen molar-refractivity contribution in [3.63, 3.8) is 0 Å². The molecule has 1 aliphatic rings. The molecule has 1 aliphatic heterocycles. The van der Waals surface area contributed by atoms with Crippen LogP contribution >= 0.6 is 23.4 Å². The number of rotatable bonds is 2. The third-order valence-electron chi connectivity index (χ3n) is 3.56. The maximum absolute atomic E-state index is 13.5. The average Bonchev–Trinajstić information content (AvgIpc) is 2.89. The zero-order valence-electron chi connectivity index (χ0n) is 12.5. The van der Waals surface area contributed by atoms with Gasteiger partial charge in [-0.25, -0.2) is 9.38 Å². The van der Waals surface area contributed by atoms with E-state index in [2.05, 4.69) is 4.99 Å². The van der Waals surface area contributed by atoms with Crippen LogP contribution in [0.4, 0.5) is 28.9 Å². The molecule has 1 atom stereocenters. The molecule has 0 saturated carbocycles. The molecule has 0 amide bonds. The Morgan fingerprint density at radius 1 is 1.16 bits per heavy atom. The molecular weight excluding hydrogens is 380 g/mol. The molecule has 9 heteroatoms. The van der Waals surface area contributed by atoms with Crippen LogP contribution in [-0.2, 0) is 0 Å². The molecule has 3 nitrogen and oxygen atoms in total. The number of halogens is 5. The molecule has 1 saturated heterocycles. The Balaban J connectivity index is 2.09. The molecule has 1 heterocycles. The predicted molar refractivity (Wildman–Crippen MR) is 90.9 cm³/mol. The number of amidine groups is 1. The maximum Gasteiger partial charge on any atom is 0.437 e. The van der Waals surface area contributed by atoms with Gasteiger partial charge in [0.05, 0.1) is 16.5 Å². The van der Waals surface area contributed by atoms with E-state index in [0.29, 0.717) is 0 Å². The maximum atomic E-state index is 13.5. The summed E-state index contributed by atoms with van der Waals surface area (Å²) < 4.78 is 53.7. The first-order chi connectivity index (χ1) is 11.7. The number of hydrogen-bond donors (Lipinski definition) is 1. The molecule has 1 unspecified atom stereocenters. The normalized spacial score (nSPS) is 22.6. The highest BCUT2D eigenvalue weighted by Gasteiger charge is 2.62. The third-order valence-corrected chi connectivity index (χ3v) is 4.93. The summed E-state index contributed by atoms with van der Waals surface area (Å²) in [6.07, 6.45) is -4.90. The van der Waals surface area contributed by atoms with E-state index >= 15 is 0 Å². The van der Waals surface area contributed by atoms with Gasteiger partial charge in [0.1, 0.15) is 5.82 Å². The fourth-order valence-corrected chi connectivity index (χ4v) is 3.66. The Morgan fingerprint density at radius 2 is 1.84 bits per heavy atom. The molecule has 25 heavy (non-hydrogen) atoms. The van der Waals surface area contributed by atoms with Crippen LogP contribution in [0.15, 0.2) is 53.5 Å². The highest BCUT2D eigenvalue weighted by Crippen LogP contribution is 2.45. The summed E-state index contributed by atoms with van der Waals surface area (Å²) in [7, 11) is 0. The Morgan fingerprint density at radius 3 is 2.44 bits per heavy atom. The van der Waals surface area contributed by atoms with Crippen molar-refractivity contribution in [1.29, 1.82) is 0 Å². The van der Waals surface area contributed by atoms with Crippen molar-refractivity contribution in [3.8, 4) is 0 Å². The molecule has 1 fully saturated rings. The summed E-state index contributed by atoms with van der Waals surface area (Å²) in [5, 5.41) is 10.0. The van der Waals surface area contributed by atoms with Gasteiger partial charge in [0.2, 0.25) is 0 Å². The van der Waals surface area contributed by atoms with Gasteiger partial charge >= 0.3 is 6.18 Å². The Hall–Kier alpha value is -1.77. The predicted octanol–water partition coefficient (Wildman–Crippen LogP) is 4.97. The number of nitrogens with zero attached hydrogens (tertiary/aromatic N) is 2. The minimum absolute atomic E-state index is 0.0614. The van der Waals surface area contributed by atoms with Gasteiger partial charge < -0.3 is 5.11 Å². The Labute approximate surface area is 149 Å². The number of anilines is 1. The summed E-state index contributed by atoms with van der Waals surface area (Å²) in [6, 6.07) is 11.2. The molecule has 0 spiro atoms. The van der Waals surface area contributed by atoms with Gasteiger partial charge in [-0.3, -0.25) is 4.90 Å². The molecule has 0 aromatic heterocycles. The van der Waals surface area contributed by atoms with Crippen LogP contribution in [-0.4, -0.2) is 27.9 Å². The number of hydrogen-bond acceptors (Lipinski definition) is 3. The fourth-order valence-electron chi connectivity index (χ4n) is 2.31. The van der Waals surface area contributed by atoms with Crippen molar-refractivity contribution >= 4 is 39.9 Å². The lowest BCUT2D eigenvalue weighted by molar-refractivity contribution is -0.244. The SMILES string of the molecule is OC1(C(F)(F)F)CSC(=Nc2ccc(F)c(Cl)c2)N1c1ccccc1. The van der Waals surface area contributed by atoms with E-state index in [4.69, 9.17) is 11.6 Å². The van der Waals surface area contributed by atoms with Gasteiger partial charge in [0.15, 0.2) is 5.17 Å². The van der Waals surface area contributed by atoms with Crippen molar-refractivity contribution in [2.45, 2.75) is 11.9 Å². The van der Waals surface area contributed by atoms with E-state index in [1.165, 1.54) is 24.3 Å². The Bertz CT molecular complexity index is 816. The third kappa shape index (κ3) is 3.33. The zero-order chi connectivity index (χ0) is 18.2. The minimum Gasteiger partial charge on any atom is -0.362 e. The quantitative estimate of drug-likeness (QED) is 0.735. The molecule has 0 aliphatic carbocycles. The van der Waals surface area contributed by atoms with Gasteiger partial charge in [-0.2, -0.15) is 13.2 Å². The van der Waals surface area contributed by atoms with Crippen molar-refractivity contribution in [2.24, 2.45) is 4.99 Å². The molecular formula is C16H11ClF4N2OS. The van der Waals surface area contributed by atoms with Crippen LogP contribution in [0.5, 0.6) is 0 Å². The molecule has 3 rings (SSSR count). The second kappa shape index (κ2) is 6.51. The molecule has 1 N–H and O–H groups in total. The summed E-state index contributed by atoms with van der Waals surface area (Å²) in [6.45, 7) is 0. The lowest BCUT2D eigenvalue weighted by Gasteiger charge is -2.35. The van der Waals surface area contributed by atoms with Gasteiger partial charge in [0, 0.05) is 5.69 Å². The minimum atomic E-state index is -4.90. The molecule has 0 bridgehead atoms. The molecule has 0 radical (unpaired) electrons. The van der Waals surface area contributed by atoms with Crippen molar-refractivity contribution < 1.29 is 22.7 Å². The summed E-state index contributed by atoms with van der Waals surface area (Å²) in [5.74, 6) is -1.30. The van der Waals surface area contributed by atoms with E-state index in [1.54, 1.807) is 18.2 Å². The van der Waals surface area contributed by atoms with E-state index in [9.17, 15) is 22.7 Å². The van der Waals surface area contributed by atoms with Gasteiger partial charge in [-0.15, -0.1) is 0 Å². The number of benzene rings is 2. The lowest BCUT2D eigenvalue weighted by atomic mass is 10.2. The van der Waals surface area contributed by atoms with E-state index in [1.807, 2.05) is 0 Å². The summed E-state index contributed by atoms with van der Waals surface area (Å²) >= 11 is 6.44.